The van der Waals surface area contributed by atoms with Crippen LogP contribution in [0.25, 0.3) is 0 Å². The molecule has 0 fully saturated rings. The Labute approximate surface area is 95.4 Å². The van der Waals surface area contributed by atoms with E-state index in [0.717, 1.165) is 19.3 Å². The highest BCUT2D eigenvalue weighted by Crippen LogP contribution is 2.21. The fraction of sp³-hybridized carbons (Fsp3) is 1.00. The highest BCUT2D eigenvalue weighted by Gasteiger charge is 2.39. The molecule has 1 N–H and O–H groups in total. The molecular formula is C11H22F3NO. The van der Waals surface area contributed by atoms with Gasteiger partial charge in [0.15, 0.2) is 6.10 Å². The Kier molecular flexibility index (Phi) is 6.99. The van der Waals surface area contributed by atoms with E-state index in [1.54, 1.807) is 4.90 Å². The fourth-order valence-corrected chi connectivity index (χ4v) is 1.45. The van der Waals surface area contributed by atoms with Crippen molar-refractivity contribution in [3.63, 3.8) is 0 Å². The minimum Gasteiger partial charge on any atom is -0.382 e. The Hall–Kier alpha value is -0.290. The number of unbranched alkanes of at least 4 members (excludes halogenated alkanes) is 2. The molecule has 0 aromatic carbocycles. The lowest BCUT2D eigenvalue weighted by atomic mass is 10.2. The summed E-state index contributed by atoms with van der Waals surface area (Å²) in [7, 11) is 0. The van der Waals surface area contributed by atoms with Crippen LogP contribution in [0.3, 0.4) is 0 Å². The molecule has 0 saturated carbocycles. The lowest BCUT2D eigenvalue weighted by Crippen LogP contribution is -2.44. The van der Waals surface area contributed by atoms with Crippen LogP contribution in [-0.2, 0) is 0 Å². The Morgan fingerprint density at radius 1 is 1.19 bits per heavy atom. The summed E-state index contributed by atoms with van der Waals surface area (Å²) in [6, 6.07) is 0.0221. The first-order valence-corrected chi connectivity index (χ1v) is 5.77. The molecular weight excluding hydrogens is 219 g/mol. The zero-order valence-corrected chi connectivity index (χ0v) is 10.2. The van der Waals surface area contributed by atoms with E-state index < -0.39 is 12.3 Å². The first kappa shape index (κ1) is 15.7. The van der Waals surface area contributed by atoms with E-state index >= 15 is 0 Å². The molecule has 98 valence electrons. The van der Waals surface area contributed by atoms with Crippen molar-refractivity contribution in [3.8, 4) is 0 Å². The average Bonchev–Trinajstić information content (AvgIpc) is 2.14. The van der Waals surface area contributed by atoms with E-state index in [1.165, 1.54) is 0 Å². The second kappa shape index (κ2) is 7.12. The van der Waals surface area contributed by atoms with Gasteiger partial charge in [-0.25, -0.2) is 0 Å². The van der Waals surface area contributed by atoms with Crippen molar-refractivity contribution in [3.05, 3.63) is 0 Å². The number of hydrogen-bond donors (Lipinski definition) is 1. The molecule has 0 aliphatic heterocycles. The molecule has 0 amide bonds. The lowest BCUT2D eigenvalue weighted by Gasteiger charge is -2.29. The van der Waals surface area contributed by atoms with Crippen LogP contribution >= 0.6 is 0 Å². The number of rotatable bonds is 7. The number of alkyl halides is 3. The van der Waals surface area contributed by atoms with Crippen LogP contribution in [0.4, 0.5) is 13.2 Å². The molecule has 2 nitrogen and oxygen atoms in total. The molecule has 0 bridgehead atoms. The van der Waals surface area contributed by atoms with Crippen molar-refractivity contribution in [1.82, 2.24) is 4.90 Å². The summed E-state index contributed by atoms with van der Waals surface area (Å²) in [5, 5.41) is 8.99. The first-order valence-electron chi connectivity index (χ1n) is 5.77. The van der Waals surface area contributed by atoms with E-state index in [-0.39, 0.29) is 12.6 Å². The number of nitrogens with zero attached hydrogens (tertiary/aromatic N) is 1. The third kappa shape index (κ3) is 6.33. The lowest BCUT2D eigenvalue weighted by molar-refractivity contribution is -0.209. The Morgan fingerprint density at radius 2 is 1.75 bits per heavy atom. The maximum absolute atomic E-state index is 12.2. The van der Waals surface area contributed by atoms with Crippen LogP contribution in [0.2, 0.25) is 0 Å². The van der Waals surface area contributed by atoms with E-state index in [2.05, 4.69) is 0 Å². The van der Waals surface area contributed by atoms with Gasteiger partial charge in [-0.2, -0.15) is 13.2 Å². The molecule has 0 aromatic rings. The van der Waals surface area contributed by atoms with Gasteiger partial charge in [0.1, 0.15) is 0 Å². The molecule has 5 heteroatoms. The van der Waals surface area contributed by atoms with E-state index in [0.29, 0.717) is 6.54 Å². The maximum Gasteiger partial charge on any atom is 0.415 e. The molecule has 1 atom stereocenters. The largest absolute Gasteiger partial charge is 0.415 e. The number of aliphatic hydroxyl groups is 1. The van der Waals surface area contributed by atoms with Gasteiger partial charge in [0.05, 0.1) is 0 Å². The zero-order valence-electron chi connectivity index (χ0n) is 10.2. The Morgan fingerprint density at radius 3 is 2.12 bits per heavy atom. The topological polar surface area (TPSA) is 23.5 Å². The molecule has 0 aliphatic rings. The number of aliphatic hydroxyl groups excluding tert-OH is 1. The molecule has 0 saturated heterocycles. The Bertz CT molecular complexity index is 183. The van der Waals surface area contributed by atoms with Gasteiger partial charge < -0.3 is 5.11 Å². The average molecular weight is 241 g/mol. The van der Waals surface area contributed by atoms with E-state index in [1.807, 2.05) is 20.8 Å². The van der Waals surface area contributed by atoms with Gasteiger partial charge >= 0.3 is 6.18 Å². The summed E-state index contributed by atoms with van der Waals surface area (Å²) in [4.78, 5) is 1.67. The molecule has 16 heavy (non-hydrogen) atoms. The van der Waals surface area contributed by atoms with Crippen LogP contribution < -0.4 is 0 Å². The van der Waals surface area contributed by atoms with Gasteiger partial charge in [0, 0.05) is 12.6 Å². The van der Waals surface area contributed by atoms with Crippen LogP contribution in [0.1, 0.15) is 40.0 Å². The van der Waals surface area contributed by atoms with E-state index in [4.69, 9.17) is 5.11 Å². The number of hydrogen-bond acceptors (Lipinski definition) is 2. The van der Waals surface area contributed by atoms with Crippen molar-refractivity contribution in [2.45, 2.75) is 58.4 Å². The van der Waals surface area contributed by atoms with Crippen molar-refractivity contribution in [2.75, 3.05) is 13.1 Å². The standard InChI is InChI=1S/C11H22F3NO/c1-4-5-6-7-15(9(2)3)8-10(16)11(12,13)14/h9-10,16H,4-8H2,1-3H3. The normalized spacial score (nSPS) is 14.8. The quantitative estimate of drug-likeness (QED) is 0.693. The second-order valence-electron chi connectivity index (χ2n) is 4.35. The summed E-state index contributed by atoms with van der Waals surface area (Å²) in [5.41, 5.74) is 0. The van der Waals surface area contributed by atoms with Crippen LogP contribution in [-0.4, -0.2) is 41.4 Å². The summed E-state index contributed by atoms with van der Waals surface area (Å²) in [6.07, 6.45) is -3.84. The summed E-state index contributed by atoms with van der Waals surface area (Å²) in [6.45, 7) is 6.01. The van der Waals surface area contributed by atoms with Crippen molar-refractivity contribution in [2.24, 2.45) is 0 Å². The monoisotopic (exact) mass is 241 g/mol. The third-order valence-corrected chi connectivity index (χ3v) is 2.56. The van der Waals surface area contributed by atoms with Crippen molar-refractivity contribution < 1.29 is 18.3 Å². The van der Waals surface area contributed by atoms with Gasteiger partial charge in [-0.3, -0.25) is 4.90 Å². The van der Waals surface area contributed by atoms with E-state index in [9.17, 15) is 13.2 Å². The minimum atomic E-state index is -4.52. The third-order valence-electron chi connectivity index (χ3n) is 2.56. The number of halogens is 3. The molecule has 1 unspecified atom stereocenters. The summed E-state index contributed by atoms with van der Waals surface area (Å²) in [5.74, 6) is 0. The summed E-state index contributed by atoms with van der Waals surface area (Å²) < 4.78 is 36.6. The predicted molar refractivity (Wildman–Crippen MR) is 58.3 cm³/mol. The zero-order chi connectivity index (χ0) is 12.8. The molecule has 0 heterocycles. The maximum atomic E-state index is 12.2. The van der Waals surface area contributed by atoms with Gasteiger partial charge in [0.25, 0.3) is 0 Å². The molecule has 0 aromatic heterocycles. The van der Waals surface area contributed by atoms with Gasteiger partial charge in [-0.05, 0) is 26.8 Å². The van der Waals surface area contributed by atoms with Crippen LogP contribution in [0, 0.1) is 0 Å². The highest BCUT2D eigenvalue weighted by atomic mass is 19.4. The second-order valence-corrected chi connectivity index (χ2v) is 4.35. The van der Waals surface area contributed by atoms with Gasteiger partial charge in [0.2, 0.25) is 0 Å². The predicted octanol–water partition coefficient (Wildman–Crippen LogP) is 2.81. The Balaban J connectivity index is 4.12. The molecule has 0 radical (unpaired) electrons. The highest BCUT2D eigenvalue weighted by molar-refractivity contribution is 4.73. The van der Waals surface area contributed by atoms with Crippen LogP contribution in [0.5, 0.6) is 0 Å². The van der Waals surface area contributed by atoms with Crippen molar-refractivity contribution in [1.29, 1.82) is 0 Å². The molecule has 0 rings (SSSR count). The summed E-state index contributed by atoms with van der Waals surface area (Å²) >= 11 is 0. The smallest absolute Gasteiger partial charge is 0.382 e. The van der Waals surface area contributed by atoms with Crippen LogP contribution in [0.15, 0.2) is 0 Å². The molecule has 0 spiro atoms. The first-order chi connectivity index (χ1) is 7.29. The van der Waals surface area contributed by atoms with Gasteiger partial charge in [-0.15, -0.1) is 0 Å². The minimum absolute atomic E-state index is 0.0221. The fourth-order valence-electron chi connectivity index (χ4n) is 1.45. The van der Waals surface area contributed by atoms with Gasteiger partial charge in [-0.1, -0.05) is 19.8 Å². The molecule has 0 aliphatic carbocycles. The van der Waals surface area contributed by atoms with Crippen molar-refractivity contribution >= 4 is 0 Å². The SMILES string of the molecule is CCCCCN(CC(O)C(F)(F)F)C(C)C.